The first-order valence-corrected chi connectivity index (χ1v) is 11.1. The SMILES string of the molecule is O=C(OC1Cc2ccccc2C1)ON1CCNCC1CCC(=O)c1ccc2[nH]c(=O)oc2c1. The van der Waals surface area contributed by atoms with Crippen molar-refractivity contribution in [1.29, 1.82) is 0 Å². The van der Waals surface area contributed by atoms with Gasteiger partial charge in [-0.1, -0.05) is 24.3 Å². The van der Waals surface area contributed by atoms with Crippen molar-refractivity contribution < 1.29 is 23.6 Å². The fraction of sp³-hybridized carbons (Fsp3) is 0.375. The molecule has 0 radical (unpaired) electrons. The molecular weight excluding hydrogens is 426 g/mol. The first-order chi connectivity index (χ1) is 16.0. The van der Waals surface area contributed by atoms with Crippen molar-refractivity contribution in [2.24, 2.45) is 0 Å². The Hall–Kier alpha value is -3.43. The monoisotopic (exact) mass is 451 g/mol. The number of H-pyrrole nitrogens is 1. The van der Waals surface area contributed by atoms with Gasteiger partial charge in [-0.2, -0.15) is 0 Å². The number of hydroxylamine groups is 2. The number of Topliss-reactive ketones (excluding diaryl/α,β-unsaturated/α-hetero) is 1. The second-order valence-electron chi connectivity index (χ2n) is 8.44. The Balaban J connectivity index is 1.15. The van der Waals surface area contributed by atoms with Crippen molar-refractivity contribution >= 4 is 23.0 Å². The van der Waals surface area contributed by atoms with E-state index in [1.807, 2.05) is 12.1 Å². The zero-order chi connectivity index (χ0) is 22.8. The quantitative estimate of drug-likeness (QED) is 0.434. The molecule has 1 saturated heterocycles. The number of hydrogen-bond acceptors (Lipinski definition) is 8. The summed E-state index contributed by atoms with van der Waals surface area (Å²) in [5.41, 5.74) is 3.78. The summed E-state index contributed by atoms with van der Waals surface area (Å²) in [6, 6.07) is 12.8. The van der Waals surface area contributed by atoms with Crippen molar-refractivity contribution in [3.05, 3.63) is 69.7 Å². The number of oxazole rings is 1. The van der Waals surface area contributed by atoms with E-state index in [0.717, 1.165) is 0 Å². The van der Waals surface area contributed by atoms with Crippen LogP contribution >= 0.6 is 0 Å². The molecule has 1 fully saturated rings. The van der Waals surface area contributed by atoms with Crippen LogP contribution in [0.2, 0.25) is 0 Å². The molecule has 1 aliphatic heterocycles. The van der Waals surface area contributed by atoms with E-state index in [2.05, 4.69) is 22.4 Å². The summed E-state index contributed by atoms with van der Waals surface area (Å²) >= 11 is 0. The molecule has 0 amide bonds. The summed E-state index contributed by atoms with van der Waals surface area (Å²) in [6.45, 7) is 1.79. The highest BCUT2D eigenvalue weighted by Gasteiger charge is 2.30. The number of nitrogens with zero attached hydrogens (tertiary/aromatic N) is 1. The van der Waals surface area contributed by atoms with Crippen molar-refractivity contribution in [2.75, 3.05) is 19.6 Å². The number of carbonyl (C=O) groups is 2. The number of aromatic nitrogens is 1. The first kappa shape index (κ1) is 21.4. The Morgan fingerprint density at radius 2 is 1.91 bits per heavy atom. The van der Waals surface area contributed by atoms with Gasteiger partial charge in [0.05, 0.1) is 11.6 Å². The van der Waals surface area contributed by atoms with Gasteiger partial charge in [0.2, 0.25) is 0 Å². The molecule has 2 N–H and O–H groups in total. The van der Waals surface area contributed by atoms with Crippen molar-refractivity contribution in [1.82, 2.24) is 15.4 Å². The predicted molar refractivity (Wildman–Crippen MR) is 119 cm³/mol. The highest BCUT2D eigenvalue weighted by molar-refractivity contribution is 5.98. The number of piperazine rings is 1. The van der Waals surface area contributed by atoms with E-state index in [9.17, 15) is 14.4 Å². The number of rotatable bonds is 6. The Kier molecular flexibility index (Phi) is 5.97. The largest absolute Gasteiger partial charge is 0.528 e. The van der Waals surface area contributed by atoms with E-state index in [-0.39, 0.29) is 24.3 Å². The molecule has 0 spiro atoms. The van der Waals surface area contributed by atoms with Crippen LogP contribution in [-0.4, -0.2) is 53.8 Å². The van der Waals surface area contributed by atoms with Gasteiger partial charge in [-0.25, -0.2) is 9.59 Å². The van der Waals surface area contributed by atoms with Crippen LogP contribution in [0.3, 0.4) is 0 Å². The maximum atomic E-state index is 12.7. The predicted octanol–water partition coefficient (Wildman–Crippen LogP) is 2.59. The molecule has 1 unspecified atom stereocenters. The number of carbonyl (C=O) groups excluding carboxylic acids is 2. The first-order valence-electron chi connectivity index (χ1n) is 11.1. The fourth-order valence-corrected chi connectivity index (χ4v) is 4.52. The third-order valence-electron chi connectivity index (χ3n) is 6.21. The molecule has 3 aromatic rings. The van der Waals surface area contributed by atoms with Gasteiger partial charge in [-0.15, -0.1) is 5.06 Å². The fourth-order valence-electron chi connectivity index (χ4n) is 4.52. The van der Waals surface area contributed by atoms with Crippen LogP contribution in [0.15, 0.2) is 51.7 Å². The van der Waals surface area contributed by atoms with Gasteiger partial charge >= 0.3 is 11.9 Å². The molecule has 9 nitrogen and oxygen atoms in total. The summed E-state index contributed by atoms with van der Waals surface area (Å²) in [6.07, 6.45) is 1.22. The molecule has 2 aliphatic rings. The molecule has 1 atom stereocenters. The standard InChI is InChI=1S/C24H25N3O6/c28-21(17-5-7-20-22(13-17)32-23(29)26-20)8-6-18-14-25-9-10-27(18)33-24(30)31-19-11-15-3-1-2-4-16(15)12-19/h1-5,7,13,18-19,25H,6,8-12,14H2,(H,26,29). The van der Waals surface area contributed by atoms with Gasteiger partial charge in [0.25, 0.3) is 0 Å². The maximum absolute atomic E-state index is 12.7. The van der Waals surface area contributed by atoms with Crippen LogP contribution < -0.4 is 11.1 Å². The van der Waals surface area contributed by atoms with E-state index in [1.165, 1.54) is 11.1 Å². The number of nitrogens with one attached hydrogen (secondary N) is 2. The van der Waals surface area contributed by atoms with Gasteiger partial charge < -0.3 is 19.3 Å². The number of ketones is 1. The lowest BCUT2D eigenvalue weighted by molar-refractivity contribution is -0.167. The molecule has 2 heterocycles. The number of fused-ring (bicyclic) bond motifs is 2. The van der Waals surface area contributed by atoms with Gasteiger partial charge in [-0.05, 0) is 35.7 Å². The minimum atomic E-state index is -0.709. The molecule has 1 aromatic heterocycles. The lowest BCUT2D eigenvalue weighted by Crippen LogP contribution is -2.52. The second kappa shape index (κ2) is 9.21. The summed E-state index contributed by atoms with van der Waals surface area (Å²) < 4.78 is 10.6. The zero-order valence-corrected chi connectivity index (χ0v) is 18.0. The molecule has 5 rings (SSSR count). The average molecular weight is 451 g/mol. The number of ether oxygens (including phenoxy) is 1. The smallest absolute Gasteiger partial charge is 0.429 e. The Morgan fingerprint density at radius 1 is 1.12 bits per heavy atom. The average Bonchev–Trinajstić information content (AvgIpc) is 3.39. The van der Waals surface area contributed by atoms with Crippen LogP contribution in [0.1, 0.15) is 34.3 Å². The highest BCUT2D eigenvalue weighted by Crippen LogP contribution is 2.24. The lowest BCUT2D eigenvalue weighted by atomic mass is 10.0. The highest BCUT2D eigenvalue weighted by atomic mass is 16.8. The van der Waals surface area contributed by atoms with Crippen LogP contribution in [0, 0.1) is 0 Å². The molecule has 9 heteroatoms. The van der Waals surface area contributed by atoms with Crippen molar-refractivity contribution in [2.45, 2.75) is 37.8 Å². The molecule has 2 aromatic carbocycles. The third kappa shape index (κ3) is 4.84. The number of benzene rings is 2. The van der Waals surface area contributed by atoms with Crippen molar-refractivity contribution in [3.8, 4) is 0 Å². The Bertz CT molecular complexity index is 1210. The van der Waals surface area contributed by atoms with E-state index in [1.54, 1.807) is 23.3 Å². The van der Waals surface area contributed by atoms with Gasteiger partial charge in [-0.3, -0.25) is 9.78 Å². The molecule has 0 saturated carbocycles. The van der Waals surface area contributed by atoms with Crippen LogP contribution in [0.5, 0.6) is 0 Å². The number of aromatic amines is 1. The lowest BCUT2D eigenvalue weighted by Gasteiger charge is -2.34. The molecule has 172 valence electrons. The summed E-state index contributed by atoms with van der Waals surface area (Å²) in [7, 11) is 0. The minimum absolute atomic E-state index is 0.0717. The van der Waals surface area contributed by atoms with Gasteiger partial charge in [0.1, 0.15) is 6.10 Å². The van der Waals surface area contributed by atoms with E-state index in [0.29, 0.717) is 55.6 Å². The Morgan fingerprint density at radius 3 is 2.70 bits per heavy atom. The molecule has 0 bridgehead atoms. The summed E-state index contributed by atoms with van der Waals surface area (Å²) in [4.78, 5) is 44.5. The van der Waals surface area contributed by atoms with Gasteiger partial charge in [0, 0.05) is 44.5 Å². The third-order valence-corrected chi connectivity index (χ3v) is 6.21. The zero-order valence-electron chi connectivity index (χ0n) is 18.0. The molecular formula is C24H25N3O6. The van der Waals surface area contributed by atoms with Crippen LogP contribution in [-0.2, 0) is 22.4 Å². The topological polar surface area (TPSA) is 114 Å². The van der Waals surface area contributed by atoms with Crippen LogP contribution in [0.4, 0.5) is 4.79 Å². The summed E-state index contributed by atoms with van der Waals surface area (Å²) in [5, 5.41) is 4.89. The minimum Gasteiger partial charge on any atom is -0.429 e. The van der Waals surface area contributed by atoms with Crippen LogP contribution in [0.25, 0.3) is 11.1 Å². The maximum Gasteiger partial charge on any atom is 0.528 e. The second-order valence-corrected chi connectivity index (χ2v) is 8.44. The van der Waals surface area contributed by atoms with Gasteiger partial charge in [0.15, 0.2) is 11.4 Å². The van der Waals surface area contributed by atoms with Crippen molar-refractivity contribution in [3.63, 3.8) is 0 Å². The van der Waals surface area contributed by atoms with E-state index in [4.69, 9.17) is 14.0 Å². The number of hydrogen-bond donors (Lipinski definition) is 2. The Labute approximate surface area is 189 Å². The van der Waals surface area contributed by atoms with E-state index >= 15 is 0 Å². The molecule has 33 heavy (non-hydrogen) atoms. The van der Waals surface area contributed by atoms with E-state index < -0.39 is 11.9 Å². The molecule has 1 aliphatic carbocycles. The summed E-state index contributed by atoms with van der Waals surface area (Å²) in [5.74, 6) is -0.624. The normalized spacial score (nSPS) is 18.8.